The Balaban J connectivity index is 1.55. The van der Waals surface area contributed by atoms with Crippen molar-refractivity contribution in [1.29, 1.82) is 0 Å². The number of hydrogen-bond acceptors (Lipinski definition) is 9. The SMILES string of the molecule is COc1cc(Nc2nc(N3C[C@@H](C)O[C@@H](C)C3)ncc2OC)ccc1NC(=O)c1cccc(Br)n1. The molecule has 1 aliphatic rings. The monoisotopic (exact) mass is 542 g/mol. The Morgan fingerprint density at radius 2 is 1.83 bits per heavy atom. The third-order valence-corrected chi connectivity index (χ3v) is 5.77. The van der Waals surface area contributed by atoms with Gasteiger partial charge in [0.1, 0.15) is 16.0 Å². The van der Waals surface area contributed by atoms with Crippen molar-refractivity contribution in [2.75, 3.05) is 42.8 Å². The van der Waals surface area contributed by atoms with Crippen molar-refractivity contribution in [3.63, 3.8) is 0 Å². The lowest BCUT2D eigenvalue weighted by Crippen LogP contribution is -2.46. The summed E-state index contributed by atoms with van der Waals surface area (Å²) in [7, 11) is 3.11. The predicted octanol–water partition coefficient (Wildman–Crippen LogP) is 4.26. The number of benzene rings is 1. The van der Waals surface area contributed by atoms with Crippen molar-refractivity contribution in [3.05, 3.63) is 52.9 Å². The lowest BCUT2D eigenvalue weighted by molar-refractivity contribution is -0.00572. The number of carbonyl (C=O) groups is 1. The standard InChI is InChI=1S/C24H27BrN6O4/c1-14-12-31(13-15(2)35-14)24-26-11-20(34-4)22(30-24)27-16-8-9-17(19(10-16)33-3)29-23(32)18-6-5-7-21(25)28-18/h5-11,14-15H,12-13H2,1-4H3,(H,29,32)(H,26,27,30)/t14-,15+. The second-order valence-electron chi connectivity index (χ2n) is 8.09. The van der Waals surface area contributed by atoms with Gasteiger partial charge in [-0.05, 0) is 54.0 Å². The highest BCUT2D eigenvalue weighted by Crippen LogP contribution is 2.32. The summed E-state index contributed by atoms with van der Waals surface area (Å²) in [5.41, 5.74) is 1.50. The highest BCUT2D eigenvalue weighted by molar-refractivity contribution is 9.10. The van der Waals surface area contributed by atoms with Crippen LogP contribution in [0.1, 0.15) is 24.3 Å². The van der Waals surface area contributed by atoms with Crippen molar-refractivity contribution in [1.82, 2.24) is 15.0 Å². The number of amides is 1. The maximum Gasteiger partial charge on any atom is 0.274 e. The maximum absolute atomic E-state index is 12.6. The summed E-state index contributed by atoms with van der Waals surface area (Å²) in [6, 6.07) is 10.5. The molecule has 35 heavy (non-hydrogen) atoms. The van der Waals surface area contributed by atoms with Crippen LogP contribution >= 0.6 is 15.9 Å². The smallest absolute Gasteiger partial charge is 0.274 e. The van der Waals surface area contributed by atoms with Crippen LogP contribution < -0.4 is 25.0 Å². The molecule has 1 amide bonds. The summed E-state index contributed by atoms with van der Waals surface area (Å²) in [6.45, 7) is 5.46. The Morgan fingerprint density at radius 3 is 2.51 bits per heavy atom. The Morgan fingerprint density at radius 1 is 1.09 bits per heavy atom. The molecule has 3 aromatic rings. The summed E-state index contributed by atoms with van der Waals surface area (Å²) in [5, 5.41) is 6.11. The van der Waals surface area contributed by atoms with Gasteiger partial charge in [-0.3, -0.25) is 4.79 Å². The molecule has 184 valence electrons. The molecule has 4 rings (SSSR count). The molecule has 0 radical (unpaired) electrons. The second-order valence-corrected chi connectivity index (χ2v) is 8.90. The minimum Gasteiger partial charge on any atom is -0.494 e. The van der Waals surface area contributed by atoms with Gasteiger partial charge < -0.3 is 29.7 Å². The molecule has 1 saturated heterocycles. The van der Waals surface area contributed by atoms with Gasteiger partial charge >= 0.3 is 0 Å². The summed E-state index contributed by atoms with van der Waals surface area (Å²) in [4.78, 5) is 28.1. The first-order valence-corrected chi connectivity index (χ1v) is 11.9. The van der Waals surface area contributed by atoms with Crippen LogP contribution in [0.5, 0.6) is 11.5 Å². The Kier molecular flexibility index (Phi) is 7.67. The molecule has 0 aliphatic carbocycles. The van der Waals surface area contributed by atoms with E-state index in [4.69, 9.17) is 19.2 Å². The van der Waals surface area contributed by atoms with Crippen LogP contribution in [0.15, 0.2) is 47.2 Å². The number of morpholine rings is 1. The average molecular weight is 543 g/mol. The summed E-state index contributed by atoms with van der Waals surface area (Å²) in [6.07, 6.45) is 1.81. The fourth-order valence-electron chi connectivity index (χ4n) is 3.82. The lowest BCUT2D eigenvalue weighted by atomic mass is 10.2. The zero-order chi connectivity index (χ0) is 24.9. The van der Waals surface area contributed by atoms with E-state index in [-0.39, 0.29) is 23.8 Å². The Bertz CT molecular complexity index is 1200. The number of ether oxygens (including phenoxy) is 3. The number of hydrogen-bond donors (Lipinski definition) is 2. The van der Waals surface area contributed by atoms with E-state index in [2.05, 4.69) is 41.4 Å². The van der Waals surface area contributed by atoms with Crippen LogP contribution in [0.4, 0.5) is 23.1 Å². The van der Waals surface area contributed by atoms with Crippen LogP contribution in [0.25, 0.3) is 0 Å². The number of halogens is 1. The van der Waals surface area contributed by atoms with Gasteiger partial charge in [-0.1, -0.05) is 6.07 Å². The molecule has 1 aromatic carbocycles. The van der Waals surface area contributed by atoms with Crippen molar-refractivity contribution in [3.8, 4) is 11.5 Å². The Labute approximate surface area is 212 Å². The molecule has 1 aliphatic heterocycles. The van der Waals surface area contributed by atoms with Gasteiger partial charge in [-0.15, -0.1) is 0 Å². The van der Waals surface area contributed by atoms with E-state index >= 15 is 0 Å². The molecule has 0 unspecified atom stereocenters. The van der Waals surface area contributed by atoms with Gasteiger partial charge in [0.2, 0.25) is 5.95 Å². The van der Waals surface area contributed by atoms with Gasteiger partial charge in [-0.2, -0.15) is 4.98 Å². The van der Waals surface area contributed by atoms with Crippen molar-refractivity contribution in [2.45, 2.75) is 26.1 Å². The van der Waals surface area contributed by atoms with Crippen LogP contribution in [-0.2, 0) is 4.74 Å². The third-order valence-electron chi connectivity index (χ3n) is 5.33. The van der Waals surface area contributed by atoms with Crippen LogP contribution in [0, 0.1) is 0 Å². The number of pyridine rings is 1. The first-order valence-electron chi connectivity index (χ1n) is 11.1. The zero-order valence-electron chi connectivity index (χ0n) is 19.9. The maximum atomic E-state index is 12.6. The fraction of sp³-hybridized carbons (Fsp3) is 0.333. The van der Waals surface area contributed by atoms with Crippen LogP contribution in [0.3, 0.4) is 0 Å². The highest BCUT2D eigenvalue weighted by Gasteiger charge is 2.25. The van der Waals surface area contributed by atoms with E-state index in [1.54, 1.807) is 43.6 Å². The van der Waals surface area contributed by atoms with Gasteiger partial charge in [0, 0.05) is 24.8 Å². The third kappa shape index (κ3) is 5.98. The first kappa shape index (κ1) is 24.7. The molecule has 1 fully saturated rings. The summed E-state index contributed by atoms with van der Waals surface area (Å²) >= 11 is 3.28. The highest BCUT2D eigenvalue weighted by atomic mass is 79.9. The molecule has 2 N–H and O–H groups in total. The van der Waals surface area contributed by atoms with E-state index in [9.17, 15) is 4.79 Å². The Hall–Kier alpha value is -3.44. The number of nitrogens with zero attached hydrogens (tertiary/aromatic N) is 4. The molecule has 0 spiro atoms. The number of aromatic nitrogens is 3. The van der Waals surface area contributed by atoms with E-state index in [0.717, 1.165) is 0 Å². The van der Waals surface area contributed by atoms with E-state index in [0.29, 0.717) is 52.3 Å². The second kappa shape index (κ2) is 10.9. The van der Waals surface area contributed by atoms with Crippen molar-refractivity contribution >= 4 is 45.0 Å². The predicted molar refractivity (Wildman–Crippen MR) is 137 cm³/mol. The quantitative estimate of drug-likeness (QED) is 0.423. The van der Waals surface area contributed by atoms with Gasteiger partial charge in [0.05, 0.1) is 38.3 Å². The largest absolute Gasteiger partial charge is 0.494 e. The number of nitrogens with one attached hydrogen (secondary N) is 2. The van der Waals surface area contributed by atoms with Gasteiger partial charge in [0.25, 0.3) is 5.91 Å². The van der Waals surface area contributed by atoms with E-state index in [1.807, 2.05) is 19.9 Å². The summed E-state index contributed by atoms with van der Waals surface area (Å²) in [5.74, 6) is 1.73. The van der Waals surface area contributed by atoms with E-state index < -0.39 is 0 Å². The first-order chi connectivity index (χ1) is 16.9. The topological polar surface area (TPSA) is 111 Å². The summed E-state index contributed by atoms with van der Waals surface area (Å²) < 4.78 is 17.4. The van der Waals surface area contributed by atoms with Crippen LogP contribution in [-0.4, -0.2) is 60.4 Å². The van der Waals surface area contributed by atoms with Crippen molar-refractivity contribution < 1.29 is 19.0 Å². The zero-order valence-corrected chi connectivity index (χ0v) is 21.5. The average Bonchev–Trinajstić information content (AvgIpc) is 2.84. The molecule has 2 aromatic heterocycles. The minimum atomic E-state index is -0.346. The molecule has 11 heteroatoms. The molecule has 10 nitrogen and oxygen atoms in total. The fourth-order valence-corrected chi connectivity index (χ4v) is 4.17. The number of anilines is 4. The molecule has 0 bridgehead atoms. The van der Waals surface area contributed by atoms with Gasteiger partial charge in [-0.25, -0.2) is 9.97 Å². The van der Waals surface area contributed by atoms with Crippen LogP contribution in [0.2, 0.25) is 0 Å². The number of carbonyl (C=O) groups excluding carboxylic acids is 1. The van der Waals surface area contributed by atoms with Crippen molar-refractivity contribution in [2.24, 2.45) is 0 Å². The molecule has 0 saturated carbocycles. The minimum absolute atomic E-state index is 0.0834. The number of rotatable bonds is 7. The number of methoxy groups -OCH3 is 2. The molecule has 2 atom stereocenters. The molecule has 3 heterocycles. The lowest BCUT2D eigenvalue weighted by Gasteiger charge is -2.35. The molecular formula is C24H27BrN6O4. The van der Waals surface area contributed by atoms with Gasteiger partial charge in [0.15, 0.2) is 11.6 Å². The normalized spacial score (nSPS) is 17.6. The van der Waals surface area contributed by atoms with E-state index in [1.165, 1.54) is 7.11 Å². The molecular weight excluding hydrogens is 516 g/mol.